The summed E-state index contributed by atoms with van der Waals surface area (Å²) in [6.45, 7) is 6.04. The molecule has 0 saturated carbocycles. The number of fused-ring (bicyclic) bond motifs is 4. The summed E-state index contributed by atoms with van der Waals surface area (Å²) in [6.07, 6.45) is 18.7. The summed E-state index contributed by atoms with van der Waals surface area (Å²) < 4.78 is 0. The largest absolute Gasteiger partial charge is 0.379 e. The molecule has 4 heterocycles. The Morgan fingerprint density at radius 2 is 1.71 bits per heavy atom. The number of hydrogen-bond donors (Lipinski definition) is 3. The highest BCUT2D eigenvalue weighted by molar-refractivity contribution is 5.79. The van der Waals surface area contributed by atoms with Gasteiger partial charge in [-0.05, 0) is 78.4 Å². The van der Waals surface area contributed by atoms with E-state index in [-0.39, 0.29) is 18.4 Å². The summed E-state index contributed by atoms with van der Waals surface area (Å²) in [7, 11) is 0. The Kier molecular flexibility index (Phi) is 6.32. The summed E-state index contributed by atoms with van der Waals surface area (Å²) in [5.41, 5.74) is 10.7. The molecule has 0 aromatic heterocycles. The molecule has 0 bridgehead atoms. The molecular formula is C36H33N5. The van der Waals surface area contributed by atoms with Gasteiger partial charge in [-0.15, -0.1) is 0 Å². The second-order valence-corrected chi connectivity index (χ2v) is 10.5. The molecule has 0 amide bonds. The maximum absolute atomic E-state index is 3.99. The zero-order chi connectivity index (χ0) is 27.8. The number of rotatable bonds is 6. The summed E-state index contributed by atoms with van der Waals surface area (Å²) in [4.78, 5) is 4.75. The number of para-hydroxylation sites is 1. The number of anilines is 2. The van der Waals surface area contributed by atoms with Crippen molar-refractivity contribution in [3.05, 3.63) is 174 Å². The van der Waals surface area contributed by atoms with Gasteiger partial charge in [0.2, 0.25) is 0 Å². The van der Waals surface area contributed by atoms with E-state index < -0.39 is 0 Å². The van der Waals surface area contributed by atoms with Crippen LogP contribution < -0.4 is 20.9 Å². The molecule has 4 aliphatic heterocycles. The van der Waals surface area contributed by atoms with E-state index in [9.17, 15) is 0 Å². The minimum atomic E-state index is -0.0594. The molecule has 1 fully saturated rings. The Bertz CT molecular complexity index is 1660. The minimum Gasteiger partial charge on any atom is -0.379 e. The molecular weight excluding hydrogens is 502 g/mol. The Hall–Kier alpha value is -5.16. The van der Waals surface area contributed by atoms with Crippen molar-refractivity contribution >= 4 is 16.9 Å². The predicted molar refractivity (Wildman–Crippen MR) is 168 cm³/mol. The predicted octanol–water partition coefficient (Wildman–Crippen LogP) is 7.28. The van der Waals surface area contributed by atoms with Gasteiger partial charge in [0.05, 0.1) is 23.1 Å². The van der Waals surface area contributed by atoms with E-state index in [0.717, 1.165) is 22.7 Å². The smallest absolute Gasteiger partial charge is 0.142 e. The van der Waals surface area contributed by atoms with Crippen molar-refractivity contribution < 1.29 is 0 Å². The molecule has 4 aliphatic rings. The van der Waals surface area contributed by atoms with Crippen LogP contribution in [-0.4, -0.2) is 11.1 Å². The van der Waals surface area contributed by atoms with Crippen molar-refractivity contribution in [3.63, 3.8) is 0 Å². The second kappa shape index (κ2) is 10.4. The summed E-state index contributed by atoms with van der Waals surface area (Å²) >= 11 is 0. The van der Waals surface area contributed by atoms with E-state index in [1.165, 1.54) is 28.1 Å². The van der Waals surface area contributed by atoms with Gasteiger partial charge in [0.1, 0.15) is 12.3 Å². The van der Waals surface area contributed by atoms with E-state index >= 15 is 0 Å². The van der Waals surface area contributed by atoms with Crippen molar-refractivity contribution in [2.24, 2.45) is 0 Å². The lowest BCUT2D eigenvalue weighted by Gasteiger charge is -2.33. The summed E-state index contributed by atoms with van der Waals surface area (Å²) in [5.74, 6) is 0. The Labute approximate surface area is 241 Å². The van der Waals surface area contributed by atoms with Gasteiger partial charge in [0, 0.05) is 23.1 Å². The maximum atomic E-state index is 3.99. The lowest BCUT2D eigenvalue weighted by atomic mass is 10.0. The van der Waals surface area contributed by atoms with E-state index in [2.05, 4.69) is 148 Å². The van der Waals surface area contributed by atoms with E-state index in [1.807, 2.05) is 25.3 Å². The first-order valence-electron chi connectivity index (χ1n) is 14.1. The maximum Gasteiger partial charge on any atom is 0.142 e. The van der Waals surface area contributed by atoms with Crippen LogP contribution in [0.15, 0.2) is 157 Å². The second-order valence-electron chi connectivity index (χ2n) is 10.5. The van der Waals surface area contributed by atoms with Gasteiger partial charge in [-0.2, -0.15) is 0 Å². The number of nitrogens with one attached hydrogen (secondary N) is 3. The zero-order valence-electron chi connectivity index (χ0n) is 23.0. The molecule has 5 nitrogen and oxygen atoms in total. The molecule has 3 aromatic carbocycles. The molecule has 1 saturated heterocycles. The molecule has 7 rings (SSSR count). The highest BCUT2D eigenvalue weighted by atomic mass is 15.4. The van der Waals surface area contributed by atoms with Crippen LogP contribution in [0.2, 0.25) is 0 Å². The molecule has 0 radical (unpaired) electrons. The lowest BCUT2D eigenvalue weighted by molar-refractivity contribution is 0.243. The van der Waals surface area contributed by atoms with Crippen LogP contribution >= 0.6 is 0 Å². The number of benzene rings is 3. The van der Waals surface area contributed by atoms with E-state index in [4.69, 9.17) is 0 Å². The highest BCUT2D eigenvalue weighted by Crippen LogP contribution is 2.47. The average Bonchev–Trinajstić information content (AvgIpc) is 3.57. The van der Waals surface area contributed by atoms with Gasteiger partial charge in [-0.3, -0.25) is 0 Å². The van der Waals surface area contributed by atoms with E-state index in [1.54, 1.807) is 0 Å². The standard InChI is InChI=1S/C36H33N5/c1-3-11-28(12-4-2)41-35(39-31-23-27(24-38-36(31)41)25-13-6-5-7-14-25)26-18-20-29(21-19-26)40-32-16-9-8-15-30(32)34-33(40)17-10-22-37-34/h3-24,34-39H,1H2,2H3/b12-4-,28-11+. The van der Waals surface area contributed by atoms with Gasteiger partial charge >= 0.3 is 0 Å². The van der Waals surface area contributed by atoms with Gasteiger partial charge in [-0.1, -0.05) is 79.4 Å². The average molecular weight is 536 g/mol. The molecule has 3 unspecified atom stereocenters. The fourth-order valence-corrected chi connectivity index (χ4v) is 6.23. The molecule has 41 heavy (non-hydrogen) atoms. The Morgan fingerprint density at radius 1 is 0.902 bits per heavy atom. The van der Waals surface area contributed by atoms with Crippen molar-refractivity contribution in [1.29, 1.82) is 0 Å². The van der Waals surface area contributed by atoms with Crippen LogP contribution in [0.1, 0.15) is 35.8 Å². The van der Waals surface area contributed by atoms with Crippen LogP contribution in [0.5, 0.6) is 0 Å². The fourth-order valence-electron chi connectivity index (χ4n) is 6.23. The zero-order valence-corrected chi connectivity index (χ0v) is 23.0. The first-order valence-corrected chi connectivity index (χ1v) is 14.1. The normalized spacial score (nSPS) is 22.5. The molecule has 0 aliphatic carbocycles. The minimum absolute atomic E-state index is 0.0222. The van der Waals surface area contributed by atoms with Crippen molar-refractivity contribution in [2.75, 3.05) is 4.90 Å². The van der Waals surface area contributed by atoms with Gasteiger partial charge < -0.3 is 25.8 Å². The topological polar surface area (TPSA) is 42.6 Å². The molecule has 202 valence electrons. The van der Waals surface area contributed by atoms with Crippen LogP contribution in [0.3, 0.4) is 0 Å². The number of nitrogens with zero attached hydrogens (tertiary/aromatic N) is 2. The fraction of sp³-hybridized carbons (Fsp3) is 0.111. The monoisotopic (exact) mass is 535 g/mol. The third kappa shape index (κ3) is 4.27. The van der Waals surface area contributed by atoms with E-state index in [0.29, 0.717) is 0 Å². The molecule has 3 aromatic rings. The van der Waals surface area contributed by atoms with Crippen molar-refractivity contribution in [1.82, 2.24) is 20.9 Å². The third-order valence-corrected chi connectivity index (χ3v) is 8.03. The number of hydrogen-bond acceptors (Lipinski definition) is 5. The lowest BCUT2D eigenvalue weighted by Crippen LogP contribution is -2.41. The number of allylic oxidation sites excluding steroid dienone is 8. The molecule has 3 N–H and O–H groups in total. The molecule has 3 atom stereocenters. The first-order chi connectivity index (χ1) is 20.3. The van der Waals surface area contributed by atoms with Crippen molar-refractivity contribution in [3.8, 4) is 0 Å². The quantitative estimate of drug-likeness (QED) is 0.289. The summed E-state index contributed by atoms with van der Waals surface area (Å²) in [6, 6.07) is 28.3. The molecule has 0 spiro atoms. The van der Waals surface area contributed by atoms with Crippen LogP contribution in [0.25, 0.3) is 5.57 Å². The highest BCUT2D eigenvalue weighted by Gasteiger charge is 2.40. The van der Waals surface area contributed by atoms with Gasteiger partial charge in [0.25, 0.3) is 0 Å². The van der Waals surface area contributed by atoms with Gasteiger partial charge in [0.15, 0.2) is 0 Å². The van der Waals surface area contributed by atoms with Crippen LogP contribution in [-0.2, 0) is 0 Å². The molecule has 5 heteroatoms. The van der Waals surface area contributed by atoms with Crippen LogP contribution in [0, 0.1) is 0 Å². The first kappa shape index (κ1) is 24.9. The van der Waals surface area contributed by atoms with Gasteiger partial charge in [-0.25, -0.2) is 0 Å². The van der Waals surface area contributed by atoms with Crippen molar-refractivity contribution in [2.45, 2.75) is 25.3 Å². The van der Waals surface area contributed by atoms with Crippen LogP contribution in [0.4, 0.5) is 11.4 Å². The summed E-state index contributed by atoms with van der Waals surface area (Å²) in [5, 5.41) is 11.0. The SMILES string of the molecule is C=C/C=C(\C=C/C)N1C2NC=C(c3ccccc3)C=C2NC1c1ccc(N2C3=CC=CNC3c3ccccc32)cc1. The third-order valence-electron chi connectivity index (χ3n) is 8.03. The Morgan fingerprint density at radius 3 is 2.51 bits per heavy atom. The Balaban J connectivity index is 1.25. The number of dihydropyridines is 2.